The van der Waals surface area contributed by atoms with Crippen LogP contribution in [0.3, 0.4) is 0 Å². The van der Waals surface area contributed by atoms with Gasteiger partial charge in [-0.1, -0.05) is 28.1 Å². The molecule has 30 heavy (non-hydrogen) atoms. The number of hydrogen-bond acceptors (Lipinski definition) is 5. The second-order valence-electron chi connectivity index (χ2n) is 7.58. The Morgan fingerprint density at radius 2 is 1.83 bits per heavy atom. The maximum atomic E-state index is 12.4. The quantitative estimate of drug-likeness (QED) is 0.514. The summed E-state index contributed by atoms with van der Waals surface area (Å²) >= 11 is 3.41. The van der Waals surface area contributed by atoms with E-state index in [9.17, 15) is 9.59 Å². The predicted octanol–water partition coefficient (Wildman–Crippen LogP) is 3.78. The number of fused-ring (bicyclic) bond motifs is 1. The number of halogens is 1. The lowest BCUT2D eigenvalue weighted by Gasteiger charge is -2.31. The summed E-state index contributed by atoms with van der Waals surface area (Å²) in [5.41, 5.74) is 3.65. The number of carbonyl (C=O) groups is 2. The summed E-state index contributed by atoms with van der Waals surface area (Å²) in [4.78, 5) is 26.9. The zero-order valence-corrected chi connectivity index (χ0v) is 18.4. The molecule has 7 heteroatoms. The van der Waals surface area contributed by atoms with Gasteiger partial charge in [-0.15, -0.1) is 0 Å². The molecule has 2 aliphatic heterocycles. The van der Waals surface area contributed by atoms with Crippen molar-refractivity contribution in [3.05, 3.63) is 69.8 Å². The molecule has 2 aromatic carbocycles. The van der Waals surface area contributed by atoms with E-state index in [1.807, 2.05) is 12.1 Å². The van der Waals surface area contributed by atoms with Gasteiger partial charge < -0.3 is 10.1 Å². The molecular formula is C23H24BrN3O3. The van der Waals surface area contributed by atoms with Crippen LogP contribution >= 0.6 is 15.9 Å². The van der Waals surface area contributed by atoms with E-state index in [2.05, 4.69) is 43.6 Å². The molecule has 2 N–H and O–H groups in total. The summed E-state index contributed by atoms with van der Waals surface area (Å²) in [6.07, 6.45) is 4.19. The highest BCUT2D eigenvalue weighted by atomic mass is 79.9. The van der Waals surface area contributed by atoms with Gasteiger partial charge in [-0.05, 0) is 48.7 Å². The third kappa shape index (κ3) is 4.64. The molecule has 0 atom stereocenters. The van der Waals surface area contributed by atoms with E-state index in [0.717, 1.165) is 42.6 Å². The minimum Gasteiger partial charge on any atom is -0.381 e. The first-order valence-corrected chi connectivity index (χ1v) is 10.8. The lowest BCUT2D eigenvalue weighted by molar-refractivity contribution is -0.114. The van der Waals surface area contributed by atoms with Crippen molar-refractivity contribution < 1.29 is 14.3 Å². The van der Waals surface area contributed by atoms with Crippen molar-refractivity contribution in [1.29, 1.82) is 0 Å². The smallest absolute Gasteiger partial charge is 0.260 e. The Morgan fingerprint density at radius 3 is 2.53 bits per heavy atom. The average Bonchev–Trinajstić information content (AvgIpc) is 2.75. The third-order valence-electron chi connectivity index (χ3n) is 5.60. The molecule has 4 rings (SSSR count). The standard InChI is InChI=1S/C23H24BrN3O3/c1-30-18-8-10-27(11-9-18)14-15-2-5-17(6-3-15)25-13-21-20-12-16(24)4-7-19(20)22(28)26-23(21)29/h2-7,12-13,18,25H,8-11,14H2,1H3,(H,26,28,29)/b21-13-. The molecule has 156 valence electrons. The number of imide groups is 1. The number of hydrogen-bond donors (Lipinski definition) is 2. The molecule has 2 aromatic rings. The Morgan fingerprint density at radius 1 is 1.10 bits per heavy atom. The van der Waals surface area contributed by atoms with Crippen molar-refractivity contribution in [1.82, 2.24) is 10.2 Å². The number of rotatable bonds is 5. The summed E-state index contributed by atoms with van der Waals surface area (Å²) in [6, 6.07) is 13.5. The van der Waals surface area contributed by atoms with E-state index >= 15 is 0 Å². The fourth-order valence-corrected chi connectivity index (χ4v) is 4.22. The molecule has 0 spiro atoms. The van der Waals surface area contributed by atoms with Crippen LogP contribution in [0.5, 0.6) is 0 Å². The van der Waals surface area contributed by atoms with Crippen LogP contribution in [-0.2, 0) is 16.1 Å². The van der Waals surface area contributed by atoms with E-state index in [0.29, 0.717) is 22.8 Å². The van der Waals surface area contributed by atoms with Crippen molar-refractivity contribution in [2.75, 3.05) is 25.5 Å². The number of nitrogens with one attached hydrogen (secondary N) is 2. The minimum atomic E-state index is -0.408. The Bertz CT molecular complexity index is 980. The Balaban J connectivity index is 1.43. The number of amides is 2. The van der Waals surface area contributed by atoms with Crippen LogP contribution < -0.4 is 10.6 Å². The van der Waals surface area contributed by atoms with Gasteiger partial charge in [0.25, 0.3) is 11.8 Å². The SMILES string of the molecule is COC1CCN(Cc2ccc(N/C=C3\C(=O)NC(=O)c4ccc(Br)cc43)cc2)CC1. The monoisotopic (exact) mass is 469 g/mol. The van der Waals surface area contributed by atoms with Gasteiger partial charge in [0.2, 0.25) is 0 Å². The van der Waals surface area contributed by atoms with Crippen LogP contribution in [0.25, 0.3) is 5.57 Å². The summed E-state index contributed by atoms with van der Waals surface area (Å²) in [7, 11) is 1.79. The molecule has 2 amide bonds. The number of anilines is 1. The molecule has 0 saturated carbocycles. The van der Waals surface area contributed by atoms with Gasteiger partial charge in [0.15, 0.2) is 0 Å². The van der Waals surface area contributed by atoms with Crippen LogP contribution in [-0.4, -0.2) is 43.0 Å². The topological polar surface area (TPSA) is 70.7 Å². The largest absolute Gasteiger partial charge is 0.381 e. The van der Waals surface area contributed by atoms with Crippen LogP contribution in [0.4, 0.5) is 5.69 Å². The Hall–Kier alpha value is -2.48. The molecule has 1 saturated heterocycles. The van der Waals surface area contributed by atoms with E-state index in [4.69, 9.17) is 4.74 Å². The number of carbonyl (C=O) groups excluding carboxylic acids is 2. The molecule has 2 aliphatic rings. The number of piperidine rings is 1. The Kier molecular flexibility index (Phi) is 6.32. The molecular weight excluding hydrogens is 446 g/mol. The Labute approximate surface area is 184 Å². The van der Waals surface area contributed by atoms with Gasteiger partial charge in [-0.2, -0.15) is 0 Å². The second kappa shape index (κ2) is 9.12. The molecule has 0 bridgehead atoms. The summed E-state index contributed by atoms with van der Waals surface area (Å²) < 4.78 is 6.25. The zero-order valence-electron chi connectivity index (χ0n) is 16.8. The fourth-order valence-electron chi connectivity index (χ4n) is 3.86. The molecule has 0 aliphatic carbocycles. The third-order valence-corrected chi connectivity index (χ3v) is 6.09. The first-order chi connectivity index (χ1) is 14.5. The molecule has 0 unspecified atom stereocenters. The fraction of sp³-hybridized carbons (Fsp3) is 0.304. The summed E-state index contributed by atoms with van der Waals surface area (Å²) in [6.45, 7) is 3.02. The highest BCUT2D eigenvalue weighted by Crippen LogP contribution is 2.27. The average molecular weight is 470 g/mol. The molecule has 0 aromatic heterocycles. The van der Waals surface area contributed by atoms with Gasteiger partial charge in [0.05, 0.1) is 11.7 Å². The van der Waals surface area contributed by atoms with Crippen molar-refractivity contribution in [2.24, 2.45) is 0 Å². The second-order valence-corrected chi connectivity index (χ2v) is 8.50. The number of benzene rings is 2. The van der Waals surface area contributed by atoms with Gasteiger partial charge in [0.1, 0.15) is 0 Å². The first kappa shape index (κ1) is 20.8. The van der Waals surface area contributed by atoms with Gasteiger partial charge in [-0.3, -0.25) is 19.8 Å². The summed E-state index contributed by atoms with van der Waals surface area (Å²) in [5, 5.41) is 5.57. The summed E-state index contributed by atoms with van der Waals surface area (Å²) in [5.74, 6) is -0.785. The number of likely N-dealkylation sites (tertiary alicyclic amines) is 1. The van der Waals surface area contributed by atoms with Crippen LogP contribution in [0.2, 0.25) is 0 Å². The number of nitrogens with zero attached hydrogens (tertiary/aromatic N) is 1. The normalized spacial score (nSPS) is 18.9. The minimum absolute atomic E-state index is 0.376. The maximum Gasteiger partial charge on any atom is 0.260 e. The van der Waals surface area contributed by atoms with Crippen molar-refractivity contribution in [3.63, 3.8) is 0 Å². The lowest BCUT2D eigenvalue weighted by atomic mass is 9.95. The number of methoxy groups -OCH3 is 1. The predicted molar refractivity (Wildman–Crippen MR) is 120 cm³/mol. The van der Waals surface area contributed by atoms with Gasteiger partial charge in [-0.25, -0.2) is 0 Å². The van der Waals surface area contributed by atoms with E-state index in [1.54, 1.807) is 31.5 Å². The van der Waals surface area contributed by atoms with Crippen LogP contribution in [0, 0.1) is 0 Å². The van der Waals surface area contributed by atoms with Crippen molar-refractivity contribution in [2.45, 2.75) is 25.5 Å². The zero-order chi connectivity index (χ0) is 21.1. The maximum absolute atomic E-state index is 12.4. The van der Waals surface area contributed by atoms with Gasteiger partial charge >= 0.3 is 0 Å². The van der Waals surface area contributed by atoms with Gasteiger partial charge in [0, 0.05) is 54.2 Å². The molecule has 0 radical (unpaired) electrons. The molecule has 6 nitrogen and oxygen atoms in total. The van der Waals surface area contributed by atoms with E-state index in [1.165, 1.54) is 5.56 Å². The molecule has 1 fully saturated rings. The van der Waals surface area contributed by atoms with Crippen molar-refractivity contribution >= 4 is 39.0 Å². The highest BCUT2D eigenvalue weighted by molar-refractivity contribution is 9.10. The van der Waals surface area contributed by atoms with Crippen molar-refractivity contribution in [3.8, 4) is 0 Å². The van der Waals surface area contributed by atoms with Crippen LogP contribution in [0.15, 0.2) is 53.1 Å². The lowest BCUT2D eigenvalue weighted by Crippen LogP contribution is -2.36. The first-order valence-electron chi connectivity index (χ1n) is 10.00. The number of ether oxygens (including phenoxy) is 1. The van der Waals surface area contributed by atoms with E-state index in [-0.39, 0.29) is 5.91 Å². The van der Waals surface area contributed by atoms with E-state index < -0.39 is 5.91 Å². The molecule has 2 heterocycles. The van der Waals surface area contributed by atoms with Crippen LogP contribution in [0.1, 0.15) is 34.3 Å². The highest BCUT2D eigenvalue weighted by Gasteiger charge is 2.27.